The van der Waals surface area contributed by atoms with Crippen LogP contribution in [0.5, 0.6) is 0 Å². The fourth-order valence-electron chi connectivity index (χ4n) is 0.860. The number of hydrogen-bond acceptors (Lipinski definition) is 2. The van der Waals surface area contributed by atoms with Gasteiger partial charge in [0.2, 0.25) is 0 Å². The Kier molecular flexibility index (Phi) is 3.03. The summed E-state index contributed by atoms with van der Waals surface area (Å²) in [5, 5.41) is 0.443. The summed E-state index contributed by atoms with van der Waals surface area (Å²) in [6.45, 7) is 0. The molecule has 1 aromatic rings. The van der Waals surface area contributed by atoms with Gasteiger partial charge >= 0.3 is 0 Å². The molecule has 2 nitrogen and oxygen atoms in total. The van der Waals surface area contributed by atoms with Gasteiger partial charge in [0, 0.05) is 17.7 Å². The summed E-state index contributed by atoms with van der Waals surface area (Å²) >= 11 is 5.64. The van der Waals surface area contributed by atoms with Crippen LogP contribution in [0.3, 0.4) is 0 Å². The van der Waals surface area contributed by atoms with Gasteiger partial charge in [0.1, 0.15) is 12.0 Å². The highest BCUT2D eigenvalue weighted by Crippen LogP contribution is 2.19. The molecule has 1 rings (SSSR count). The topological polar surface area (TPSA) is 35.2 Å². The van der Waals surface area contributed by atoms with Crippen molar-refractivity contribution in [2.45, 2.75) is 6.23 Å². The van der Waals surface area contributed by atoms with E-state index in [2.05, 4.69) is 0 Å². The summed E-state index contributed by atoms with van der Waals surface area (Å²) < 4.78 is 17.7. The van der Waals surface area contributed by atoms with E-state index in [4.69, 9.17) is 22.1 Å². The second-order valence-electron chi connectivity index (χ2n) is 2.32. The van der Waals surface area contributed by atoms with Crippen molar-refractivity contribution >= 4 is 11.6 Å². The third-order valence-electron chi connectivity index (χ3n) is 1.52. The van der Waals surface area contributed by atoms with Crippen LogP contribution in [0.15, 0.2) is 18.2 Å². The van der Waals surface area contributed by atoms with E-state index in [9.17, 15) is 4.39 Å². The maximum Gasteiger partial charge on any atom is 0.134 e. The second-order valence-corrected chi connectivity index (χ2v) is 2.76. The van der Waals surface area contributed by atoms with Crippen LogP contribution in [0, 0.1) is 5.82 Å². The second kappa shape index (κ2) is 3.85. The molecule has 0 aromatic heterocycles. The summed E-state index contributed by atoms with van der Waals surface area (Å²) in [4.78, 5) is 0. The Bertz CT molecular complexity index is 280. The van der Waals surface area contributed by atoms with Crippen LogP contribution in [-0.2, 0) is 4.74 Å². The summed E-state index contributed by atoms with van der Waals surface area (Å²) in [5.41, 5.74) is 5.71. The molecule has 4 heteroatoms. The van der Waals surface area contributed by atoms with Gasteiger partial charge in [0.15, 0.2) is 0 Å². The normalized spacial score (nSPS) is 13.0. The Balaban J connectivity index is 3.04. The molecule has 0 bridgehead atoms. The van der Waals surface area contributed by atoms with Gasteiger partial charge < -0.3 is 10.5 Å². The first-order valence-electron chi connectivity index (χ1n) is 3.38. The molecule has 1 unspecified atom stereocenters. The number of benzene rings is 1. The van der Waals surface area contributed by atoms with Crippen molar-refractivity contribution in [2.75, 3.05) is 7.11 Å². The third-order valence-corrected chi connectivity index (χ3v) is 1.75. The molecule has 0 amide bonds. The minimum absolute atomic E-state index is 0.269. The van der Waals surface area contributed by atoms with E-state index in [0.717, 1.165) is 0 Å². The number of hydrogen-bond donors (Lipinski definition) is 1. The number of halogens is 2. The highest BCUT2D eigenvalue weighted by atomic mass is 35.5. The fourth-order valence-corrected chi connectivity index (χ4v) is 1.04. The van der Waals surface area contributed by atoms with Crippen LogP contribution in [0.25, 0.3) is 0 Å². The zero-order valence-corrected chi connectivity index (χ0v) is 7.31. The van der Waals surface area contributed by atoms with E-state index in [1.165, 1.54) is 25.3 Å². The van der Waals surface area contributed by atoms with Crippen LogP contribution in [0.2, 0.25) is 5.02 Å². The maximum absolute atomic E-state index is 13.0. The maximum atomic E-state index is 13.0. The monoisotopic (exact) mass is 189 g/mol. The number of rotatable bonds is 2. The molecule has 1 atom stereocenters. The first-order chi connectivity index (χ1) is 5.65. The largest absolute Gasteiger partial charge is 0.362 e. The van der Waals surface area contributed by atoms with E-state index < -0.39 is 12.0 Å². The molecule has 0 fully saturated rings. The summed E-state index contributed by atoms with van der Waals surface area (Å²) in [7, 11) is 1.41. The molecule has 0 heterocycles. The molecule has 0 radical (unpaired) electrons. The lowest BCUT2D eigenvalue weighted by Crippen LogP contribution is -2.13. The molecule has 0 aliphatic heterocycles. The molecule has 0 spiro atoms. The highest BCUT2D eigenvalue weighted by molar-refractivity contribution is 6.30. The van der Waals surface area contributed by atoms with E-state index in [0.29, 0.717) is 5.02 Å². The van der Waals surface area contributed by atoms with Crippen molar-refractivity contribution < 1.29 is 9.13 Å². The molecule has 2 N–H and O–H groups in total. The van der Waals surface area contributed by atoms with Gasteiger partial charge in [-0.15, -0.1) is 0 Å². The molecule has 12 heavy (non-hydrogen) atoms. The Labute approximate surface area is 75.1 Å². The van der Waals surface area contributed by atoms with E-state index in [1.807, 2.05) is 0 Å². The van der Waals surface area contributed by atoms with Crippen LogP contribution in [0.1, 0.15) is 11.8 Å². The van der Waals surface area contributed by atoms with Gasteiger partial charge in [-0.2, -0.15) is 0 Å². The van der Waals surface area contributed by atoms with Gasteiger partial charge in [0.05, 0.1) is 0 Å². The van der Waals surface area contributed by atoms with Crippen molar-refractivity contribution in [3.05, 3.63) is 34.6 Å². The third kappa shape index (κ3) is 1.94. The molecular weight excluding hydrogens is 181 g/mol. The average Bonchev–Trinajstić information content (AvgIpc) is 2.08. The van der Waals surface area contributed by atoms with Crippen molar-refractivity contribution in [1.82, 2.24) is 0 Å². The van der Waals surface area contributed by atoms with Gasteiger partial charge in [-0.05, 0) is 18.2 Å². The van der Waals surface area contributed by atoms with Crippen molar-refractivity contribution in [1.29, 1.82) is 0 Å². The molecule has 0 aliphatic rings. The zero-order chi connectivity index (χ0) is 9.14. The first kappa shape index (κ1) is 9.45. The lowest BCUT2D eigenvalue weighted by atomic mass is 10.2. The van der Waals surface area contributed by atoms with E-state index in [1.54, 1.807) is 0 Å². The lowest BCUT2D eigenvalue weighted by molar-refractivity contribution is 0.106. The van der Waals surface area contributed by atoms with Gasteiger partial charge in [-0.3, -0.25) is 0 Å². The summed E-state index contributed by atoms with van der Waals surface area (Å²) in [6.07, 6.45) is -0.760. The molecule has 0 saturated heterocycles. The van der Waals surface area contributed by atoms with Gasteiger partial charge in [-0.1, -0.05) is 11.6 Å². The minimum Gasteiger partial charge on any atom is -0.362 e. The quantitative estimate of drug-likeness (QED) is 0.723. The number of nitrogens with two attached hydrogens (primary N) is 1. The molecule has 0 aliphatic carbocycles. The highest BCUT2D eigenvalue weighted by Gasteiger charge is 2.10. The van der Waals surface area contributed by atoms with Crippen molar-refractivity contribution in [3.63, 3.8) is 0 Å². The minimum atomic E-state index is -0.760. The van der Waals surface area contributed by atoms with Crippen LogP contribution in [0.4, 0.5) is 4.39 Å². The predicted molar refractivity (Wildman–Crippen MR) is 45.3 cm³/mol. The van der Waals surface area contributed by atoms with E-state index >= 15 is 0 Å². The molecule has 66 valence electrons. The van der Waals surface area contributed by atoms with Crippen LogP contribution >= 0.6 is 11.6 Å². The zero-order valence-electron chi connectivity index (χ0n) is 6.55. The summed E-state index contributed by atoms with van der Waals surface area (Å²) in [6, 6.07) is 4.17. The average molecular weight is 190 g/mol. The van der Waals surface area contributed by atoms with E-state index in [-0.39, 0.29) is 5.56 Å². The number of methoxy groups -OCH3 is 1. The van der Waals surface area contributed by atoms with Gasteiger partial charge in [0.25, 0.3) is 0 Å². The summed E-state index contributed by atoms with van der Waals surface area (Å²) in [5.74, 6) is -0.409. The van der Waals surface area contributed by atoms with Gasteiger partial charge in [-0.25, -0.2) is 4.39 Å². The Morgan fingerprint density at radius 2 is 2.25 bits per heavy atom. The van der Waals surface area contributed by atoms with Crippen LogP contribution in [-0.4, -0.2) is 7.11 Å². The Morgan fingerprint density at radius 1 is 1.58 bits per heavy atom. The molecule has 0 saturated carbocycles. The Hall–Kier alpha value is -0.640. The van der Waals surface area contributed by atoms with Crippen molar-refractivity contribution in [3.8, 4) is 0 Å². The standard InChI is InChI=1S/C8H9ClFNO/c1-12-8(11)6-4-5(9)2-3-7(6)10/h2-4,8H,11H2,1H3. The van der Waals surface area contributed by atoms with Crippen molar-refractivity contribution in [2.24, 2.45) is 5.73 Å². The Morgan fingerprint density at radius 3 is 2.83 bits per heavy atom. The molecular formula is C8H9ClFNO. The number of ether oxygens (including phenoxy) is 1. The van der Waals surface area contributed by atoms with Crippen LogP contribution < -0.4 is 5.73 Å². The molecule has 1 aromatic carbocycles. The smallest absolute Gasteiger partial charge is 0.134 e. The SMILES string of the molecule is COC(N)c1cc(Cl)ccc1F. The lowest BCUT2D eigenvalue weighted by Gasteiger charge is -2.10. The predicted octanol–water partition coefficient (Wildman–Crippen LogP) is 2.08. The fraction of sp³-hybridized carbons (Fsp3) is 0.250. The first-order valence-corrected chi connectivity index (χ1v) is 3.76.